The third-order valence-corrected chi connectivity index (χ3v) is 4.12. The van der Waals surface area contributed by atoms with E-state index in [1.165, 1.54) is 14.2 Å². The third kappa shape index (κ3) is 4.46. The molecule has 1 amide bonds. The van der Waals surface area contributed by atoms with Gasteiger partial charge in [-0.2, -0.15) is 0 Å². The number of esters is 2. The molecule has 8 heteroatoms. The number of nitrogens with one attached hydrogen (secondary N) is 1. The Bertz CT molecular complexity index is 784. The van der Waals surface area contributed by atoms with Crippen LogP contribution in [0.25, 0.3) is 0 Å². The first kappa shape index (κ1) is 20.4. The molecule has 0 bridgehead atoms. The fraction of sp³-hybridized carbons (Fsp3) is 0.421. The predicted molar refractivity (Wildman–Crippen MR) is 99.0 cm³/mol. The van der Waals surface area contributed by atoms with E-state index in [2.05, 4.69) is 5.32 Å². The van der Waals surface area contributed by atoms with Crippen molar-refractivity contribution in [2.75, 3.05) is 37.8 Å². The standard InChI is InChI=1S/C19H24N2O6/c1-11(2)17(22)20-13-7-6-12(3)15(8-13)21-10-27-9-14(18(23)25-4)16(21)19(24)26-5/h6-8,11H,9-10H2,1-5H3,(H,20,22). The van der Waals surface area contributed by atoms with Gasteiger partial charge in [-0.05, 0) is 24.6 Å². The van der Waals surface area contributed by atoms with Gasteiger partial charge in [-0.1, -0.05) is 19.9 Å². The highest BCUT2D eigenvalue weighted by molar-refractivity contribution is 6.03. The van der Waals surface area contributed by atoms with E-state index in [1.807, 2.05) is 13.0 Å². The molecule has 1 aliphatic heterocycles. The van der Waals surface area contributed by atoms with Crippen molar-refractivity contribution in [3.05, 3.63) is 35.0 Å². The number of amides is 1. The van der Waals surface area contributed by atoms with Crippen LogP contribution < -0.4 is 10.2 Å². The van der Waals surface area contributed by atoms with E-state index in [0.717, 1.165) is 5.56 Å². The number of hydrogen-bond acceptors (Lipinski definition) is 7. The topological polar surface area (TPSA) is 94.2 Å². The molecule has 146 valence electrons. The summed E-state index contributed by atoms with van der Waals surface area (Å²) in [4.78, 5) is 38.0. The highest BCUT2D eigenvalue weighted by Crippen LogP contribution is 2.31. The average molecular weight is 376 g/mol. The highest BCUT2D eigenvalue weighted by Gasteiger charge is 2.33. The van der Waals surface area contributed by atoms with Crippen LogP contribution in [0, 0.1) is 12.8 Å². The summed E-state index contributed by atoms with van der Waals surface area (Å²) >= 11 is 0. The number of carbonyl (C=O) groups excluding carboxylic acids is 3. The minimum absolute atomic E-state index is 0.0490. The van der Waals surface area contributed by atoms with E-state index in [-0.39, 0.29) is 36.4 Å². The van der Waals surface area contributed by atoms with E-state index in [4.69, 9.17) is 14.2 Å². The number of rotatable bonds is 5. The highest BCUT2D eigenvalue weighted by atomic mass is 16.5. The van der Waals surface area contributed by atoms with Crippen LogP contribution >= 0.6 is 0 Å². The van der Waals surface area contributed by atoms with Crippen LogP contribution in [-0.4, -0.2) is 45.4 Å². The maximum Gasteiger partial charge on any atom is 0.355 e. The largest absolute Gasteiger partial charge is 0.466 e. The van der Waals surface area contributed by atoms with Crippen LogP contribution in [0.15, 0.2) is 29.5 Å². The fourth-order valence-electron chi connectivity index (χ4n) is 2.60. The lowest BCUT2D eigenvalue weighted by Gasteiger charge is -2.32. The second kappa shape index (κ2) is 8.68. The average Bonchev–Trinajstić information content (AvgIpc) is 2.67. The number of carbonyl (C=O) groups is 3. The van der Waals surface area contributed by atoms with Gasteiger partial charge in [-0.25, -0.2) is 9.59 Å². The second-order valence-corrected chi connectivity index (χ2v) is 6.36. The summed E-state index contributed by atoms with van der Waals surface area (Å²) in [5, 5.41) is 2.82. The minimum atomic E-state index is -0.672. The van der Waals surface area contributed by atoms with E-state index in [9.17, 15) is 14.4 Å². The van der Waals surface area contributed by atoms with Gasteiger partial charge in [0.1, 0.15) is 12.4 Å². The molecule has 0 atom stereocenters. The Morgan fingerprint density at radius 1 is 1.15 bits per heavy atom. The summed E-state index contributed by atoms with van der Waals surface area (Å²) in [5.74, 6) is -1.64. The molecule has 0 spiro atoms. The number of anilines is 2. The maximum atomic E-state index is 12.4. The van der Waals surface area contributed by atoms with Gasteiger partial charge in [0.2, 0.25) is 5.91 Å². The van der Waals surface area contributed by atoms with Crippen LogP contribution in [0.3, 0.4) is 0 Å². The van der Waals surface area contributed by atoms with Crippen molar-refractivity contribution >= 4 is 29.2 Å². The lowest BCUT2D eigenvalue weighted by atomic mass is 10.1. The van der Waals surface area contributed by atoms with Crippen molar-refractivity contribution in [3.63, 3.8) is 0 Å². The summed E-state index contributed by atoms with van der Waals surface area (Å²) in [5.41, 5.74) is 2.15. The minimum Gasteiger partial charge on any atom is -0.466 e. The zero-order valence-electron chi connectivity index (χ0n) is 16.1. The first-order chi connectivity index (χ1) is 12.8. The molecule has 0 fully saturated rings. The Balaban J connectivity index is 2.52. The second-order valence-electron chi connectivity index (χ2n) is 6.36. The van der Waals surface area contributed by atoms with Crippen LogP contribution in [0.1, 0.15) is 19.4 Å². The summed E-state index contributed by atoms with van der Waals surface area (Å²) in [7, 11) is 2.47. The maximum absolute atomic E-state index is 12.4. The van der Waals surface area contributed by atoms with Gasteiger partial charge >= 0.3 is 11.9 Å². The molecule has 0 unspecified atom stereocenters. The van der Waals surface area contributed by atoms with E-state index >= 15 is 0 Å². The van der Waals surface area contributed by atoms with Gasteiger partial charge in [-0.15, -0.1) is 0 Å². The van der Waals surface area contributed by atoms with Crippen molar-refractivity contribution in [2.24, 2.45) is 5.92 Å². The molecular weight excluding hydrogens is 352 g/mol. The molecule has 1 aromatic rings. The molecule has 0 saturated carbocycles. The lowest BCUT2D eigenvalue weighted by molar-refractivity contribution is -0.140. The molecule has 1 N–H and O–H groups in total. The van der Waals surface area contributed by atoms with Gasteiger partial charge in [0, 0.05) is 17.3 Å². The Hall–Kier alpha value is -2.87. The SMILES string of the molecule is COC(=O)C1=C(C(=O)OC)N(c2cc(NC(=O)C(C)C)ccc2C)COC1. The Labute approximate surface area is 158 Å². The molecule has 27 heavy (non-hydrogen) atoms. The van der Waals surface area contributed by atoms with E-state index in [0.29, 0.717) is 11.4 Å². The monoisotopic (exact) mass is 376 g/mol. The molecule has 1 aliphatic rings. The molecule has 2 rings (SSSR count). The number of methoxy groups -OCH3 is 2. The number of ether oxygens (including phenoxy) is 3. The summed E-state index contributed by atoms with van der Waals surface area (Å²) < 4.78 is 15.1. The van der Waals surface area contributed by atoms with Crippen molar-refractivity contribution in [2.45, 2.75) is 20.8 Å². The van der Waals surface area contributed by atoms with Crippen molar-refractivity contribution < 1.29 is 28.6 Å². The van der Waals surface area contributed by atoms with Gasteiger partial charge < -0.3 is 24.4 Å². The van der Waals surface area contributed by atoms with Crippen molar-refractivity contribution in [3.8, 4) is 0 Å². The first-order valence-electron chi connectivity index (χ1n) is 8.46. The molecule has 0 aromatic heterocycles. The fourth-order valence-corrected chi connectivity index (χ4v) is 2.60. The van der Waals surface area contributed by atoms with Gasteiger partial charge in [0.15, 0.2) is 0 Å². The number of nitrogens with zero attached hydrogens (tertiary/aromatic N) is 1. The number of aryl methyl sites for hydroxylation is 1. The lowest BCUT2D eigenvalue weighted by Crippen LogP contribution is -2.39. The Morgan fingerprint density at radius 2 is 1.81 bits per heavy atom. The molecule has 8 nitrogen and oxygen atoms in total. The molecular formula is C19H24N2O6. The van der Waals surface area contributed by atoms with Gasteiger partial charge in [-0.3, -0.25) is 4.79 Å². The Morgan fingerprint density at radius 3 is 2.41 bits per heavy atom. The van der Waals surface area contributed by atoms with Gasteiger partial charge in [0.25, 0.3) is 0 Å². The van der Waals surface area contributed by atoms with Crippen LogP contribution in [0.5, 0.6) is 0 Å². The normalized spacial score (nSPS) is 14.2. The number of benzene rings is 1. The molecule has 1 aromatic carbocycles. The summed E-state index contributed by atoms with van der Waals surface area (Å²) in [6, 6.07) is 5.31. The zero-order chi connectivity index (χ0) is 20.1. The summed E-state index contributed by atoms with van der Waals surface area (Å²) in [6.45, 7) is 5.43. The first-order valence-corrected chi connectivity index (χ1v) is 8.46. The quantitative estimate of drug-likeness (QED) is 0.785. The van der Waals surface area contributed by atoms with Crippen molar-refractivity contribution in [1.82, 2.24) is 0 Å². The van der Waals surface area contributed by atoms with Crippen LogP contribution in [0.2, 0.25) is 0 Å². The molecule has 1 heterocycles. The predicted octanol–water partition coefficient (Wildman–Crippen LogP) is 1.98. The summed E-state index contributed by atoms with van der Waals surface area (Å²) in [6.07, 6.45) is 0. The molecule has 0 aliphatic carbocycles. The Kier molecular flexibility index (Phi) is 6.57. The smallest absolute Gasteiger partial charge is 0.355 e. The van der Waals surface area contributed by atoms with E-state index < -0.39 is 11.9 Å². The van der Waals surface area contributed by atoms with Gasteiger partial charge in [0.05, 0.1) is 26.4 Å². The number of hydrogen-bond donors (Lipinski definition) is 1. The third-order valence-electron chi connectivity index (χ3n) is 4.12. The van der Waals surface area contributed by atoms with Crippen LogP contribution in [0.4, 0.5) is 11.4 Å². The van der Waals surface area contributed by atoms with Crippen molar-refractivity contribution in [1.29, 1.82) is 0 Å². The zero-order valence-corrected chi connectivity index (χ0v) is 16.1. The molecule has 0 radical (unpaired) electrons. The van der Waals surface area contributed by atoms with E-state index in [1.54, 1.807) is 30.9 Å². The molecule has 0 saturated heterocycles. The van der Waals surface area contributed by atoms with Crippen LogP contribution in [-0.2, 0) is 28.6 Å².